The fraction of sp³-hybridized carbons (Fsp3) is 0.458. The monoisotopic (exact) mass is 396 g/mol. The van der Waals surface area contributed by atoms with E-state index in [1.165, 1.54) is 17.7 Å². The molecule has 0 spiro atoms. The first kappa shape index (κ1) is 20.0. The van der Waals surface area contributed by atoms with Gasteiger partial charge in [0.15, 0.2) is 0 Å². The number of amides is 1. The van der Waals surface area contributed by atoms with E-state index >= 15 is 0 Å². The molecule has 1 aliphatic heterocycles. The largest absolute Gasteiger partial charge is 0.379 e. The van der Waals surface area contributed by atoms with Crippen LogP contribution >= 0.6 is 0 Å². The van der Waals surface area contributed by atoms with Crippen LogP contribution in [0.3, 0.4) is 0 Å². The van der Waals surface area contributed by atoms with Crippen molar-refractivity contribution in [3.63, 3.8) is 0 Å². The predicted molar refractivity (Wildman–Crippen MR) is 111 cm³/mol. The molecule has 2 aliphatic rings. The van der Waals surface area contributed by atoms with Crippen LogP contribution in [0.5, 0.6) is 0 Å². The van der Waals surface area contributed by atoms with Crippen molar-refractivity contribution in [3.05, 3.63) is 71.0 Å². The van der Waals surface area contributed by atoms with Gasteiger partial charge in [0.25, 0.3) is 0 Å². The van der Waals surface area contributed by atoms with Gasteiger partial charge >= 0.3 is 0 Å². The molecule has 0 atom stereocenters. The number of hydrogen-bond donors (Lipinski definition) is 1. The number of carbonyl (C=O) groups excluding carboxylic acids is 1. The van der Waals surface area contributed by atoms with Crippen molar-refractivity contribution in [1.29, 1.82) is 0 Å². The Bertz CT molecular complexity index is 842. The third kappa shape index (κ3) is 4.68. The van der Waals surface area contributed by atoms with E-state index in [4.69, 9.17) is 4.74 Å². The molecule has 1 amide bonds. The molecule has 1 N–H and O–H groups in total. The van der Waals surface area contributed by atoms with Gasteiger partial charge in [0.2, 0.25) is 5.91 Å². The normalized spacial score (nSPS) is 19.2. The highest BCUT2D eigenvalue weighted by molar-refractivity contribution is 5.88. The van der Waals surface area contributed by atoms with Crippen molar-refractivity contribution in [2.75, 3.05) is 26.3 Å². The summed E-state index contributed by atoms with van der Waals surface area (Å²) in [4.78, 5) is 15.6. The molecule has 1 saturated heterocycles. The second-order valence-electron chi connectivity index (χ2n) is 8.19. The molecule has 4 rings (SSSR count). The van der Waals surface area contributed by atoms with E-state index in [0.29, 0.717) is 6.54 Å². The van der Waals surface area contributed by atoms with Crippen molar-refractivity contribution in [3.8, 4) is 0 Å². The zero-order valence-electron chi connectivity index (χ0n) is 16.8. The molecule has 0 bridgehead atoms. The van der Waals surface area contributed by atoms with E-state index in [-0.39, 0.29) is 11.7 Å². The SMILES string of the molecule is O=C(NCc1cccc(CN2CCOCC2)c1)C1(c2cccc(F)c2)CCCC1. The molecule has 2 aromatic carbocycles. The van der Waals surface area contributed by atoms with Gasteiger partial charge in [-0.15, -0.1) is 0 Å². The van der Waals surface area contributed by atoms with Crippen LogP contribution < -0.4 is 5.32 Å². The van der Waals surface area contributed by atoms with Crippen LogP contribution in [0.25, 0.3) is 0 Å². The zero-order valence-corrected chi connectivity index (χ0v) is 16.8. The number of halogens is 1. The molecule has 0 unspecified atom stereocenters. The molecule has 4 nitrogen and oxygen atoms in total. The summed E-state index contributed by atoms with van der Waals surface area (Å²) >= 11 is 0. The molecule has 1 heterocycles. The number of nitrogens with one attached hydrogen (secondary N) is 1. The number of benzene rings is 2. The summed E-state index contributed by atoms with van der Waals surface area (Å²) < 4.78 is 19.2. The molecule has 154 valence electrons. The van der Waals surface area contributed by atoms with Gasteiger partial charge in [-0.3, -0.25) is 9.69 Å². The number of rotatable bonds is 6. The minimum Gasteiger partial charge on any atom is -0.379 e. The summed E-state index contributed by atoms with van der Waals surface area (Å²) in [5.41, 5.74) is 2.54. The van der Waals surface area contributed by atoms with Crippen LogP contribution in [0.4, 0.5) is 4.39 Å². The average Bonchev–Trinajstić information content (AvgIpc) is 3.24. The van der Waals surface area contributed by atoms with Crippen LogP contribution in [0.15, 0.2) is 48.5 Å². The van der Waals surface area contributed by atoms with Crippen LogP contribution in [0.2, 0.25) is 0 Å². The highest BCUT2D eigenvalue weighted by atomic mass is 19.1. The van der Waals surface area contributed by atoms with Gasteiger partial charge in [-0.2, -0.15) is 0 Å². The lowest BCUT2D eigenvalue weighted by atomic mass is 9.78. The van der Waals surface area contributed by atoms with Gasteiger partial charge < -0.3 is 10.1 Å². The summed E-state index contributed by atoms with van der Waals surface area (Å²) in [6.45, 7) is 4.88. The van der Waals surface area contributed by atoms with Gasteiger partial charge in [0.1, 0.15) is 5.82 Å². The summed E-state index contributed by atoms with van der Waals surface area (Å²) in [7, 11) is 0. The minimum atomic E-state index is -0.604. The predicted octanol–water partition coefficient (Wildman–Crippen LogP) is 3.79. The van der Waals surface area contributed by atoms with Crippen LogP contribution in [-0.2, 0) is 28.0 Å². The van der Waals surface area contributed by atoms with Gasteiger partial charge in [-0.25, -0.2) is 4.39 Å². The van der Waals surface area contributed by atoms with Gasteiger partial charge in [0.05, 0.1) is 18.6 Å². The Morgan fingerprint density at radius 2 is 1.76 bits per heavy atom. The molecule has 1 saturated carbocycles. The quantitative estimate of drug-likeness (QED) is 0.808. The van der Waals surface area contributed by atoms with Crippen molar-refractivity contribution < 1.29 is 13.9 Å². The lowest BCUT2D eigenvalue weighted by molar-refractivity contribution is -0.126. The molecule has 2 aromatic rings. The number of morpholine rings is 1. The summed E-state index contributed by atoms with van der Waals surface area (Å²) in [6.07, 6.45) is 3.55. The summed E-state index contributed by atoms with van der Waals surface area (Å²) in [5, 5.41) is 3.14. The van der Waals surface area contributed by atoms with Crippen molar-refractivity contribution in [2.45, 2.75) is 44.2 Å². The maximum atomic E-state index is 13.8. The lowest BCUT2D eigenvalue weighted by Crippen LogP contribution is -2.42. The van der Waals surface area contributed by atoms with E-state index in [1.54, 1.807) is 6.07 Å². The molecule has 2 fully saturated rings. The highest BCUT2D eigenvalue weighted by Crippen LogP contribution is 2.41. The second-order valence-corrected chi connectivity index (χ2v) is 8.19. The van der Waals surface area contributed by atoms with E-state index in [2.05, 4.69) is 28.4 Å². The number of carbonyl (C=O) groups is 1. The topological polar surface area (TPSA) is 41.6 Å². The van der Waals surface area contributed by atoms with Crippen LogP contribution in [0.1, 0.15) is 42.4 Å². The highest BCUT2D eigenvalue weighted by Gasteiger charge is 2.42. The van der Waals surface area contributed by atoms with Gasteiger partial charge in [0, 0.05) is 26.2 Å². The Balaban J connectivity index is 1.42. The third-order valence-corrected chi connectivity index (χ3v) is 6.22. The van der Waals surface area contributed by atoms with Gasteiger partial charge in [-0.1, -0.05) is 49.2 Å². The summed E-state index contributed by atoms with van der Waals surface area (Å²) in [6, 6.07) is 14.9. The van der Waals surface area contributed by atoms with E-state index in [9.17, 15) is 9.18 Å². The van der Waals surface area contributed by atoms with Crippen LogP contribution in [-0.4, -0.2) is 37.1 Å². The fourth-order valence-electron chi connectivity index (χ4n) is 4.62. The zero-order chi connectivity index (χ0) is 20.1. The first-order valence-corrected chi connectivity index (χ1v) is 10.6. The Kier molecular flexibility index (Phi) is 6.26. The molecule has 0 radical (unpaired) electrons. The van der Waals surface area contributed by atoms with Crippen molar-refractivity contribution in [1.82, 2.24) is 10.2 Å². The minimum absolute atomic E-state index is 0.0131. The van der Waals surface area contributed by atoms with E-state index in [0.717, 1.165) is 69.7 Å². The standard InChI is InChI=1S/C24H29FN2O2/c25-22-8-4-7-21(16-22)24(9-1-2-10-24)23(28)26-17-19-5-3-6-20(15-19)18-27-11-13-29-14-12-27/h3-8,15-16H,1-2,9-14,17-18H2,(H,26,28). The summed E-state index contributed by atoms with van der Waals surface area (Å²) in [5.74, 6) is -0.267. The second kappa shape index (κ2) is 9.06. The van der Waals surface area contributed by atoms with E-state index < -0.39 is 5.41 Å². The Hall–Kier alpha value is -2.24. The molecule has 0 aromatic heterocycles. The van der Waals surface area contributed by atoms with Crippen LogP contribution in [0, 0.1) is 5.82 Å². The maximum absolute atomic E-state index is 13.8. The smallest absolute Gasteiger partial charge is 0.230 e. The Morgan fingerprint density at radius 3 is 2.52 bits per heavy atom. The molecular formula is C24H29FN2O2. The van der Waals surface area contributed by atoms with E-state index in [1.807, 2.05) is 12.1 Å². The Morgan fingerprint density at radius 1 is 1.03 bits per heavy atom. The lowest BCUT2D eigenvalue weighted by Gasteiger charge is -2.28. The molecule has 1 aliphatic carbocycles. The number of nitrogens with zero attached hydrogens (tertiary/aromatic N) is 1. The van der Waals surface area contributed by atoms with Crippen molar-refractivity contribution in [2.24, 2.45) is 0 Å². The molecular weight excluding hydrogens is 367 g/mol. The number of hydrogen-bond acceptors (Lipinski definition) is 3. The number of ether oxygens (including phenoxy) is 1. The first-order chi connectivity index (χ1) is 14.2. The average molecular weight is 397 g/mol. The molecule has 29 heavy (non-hydrogen) atoms. The maximum Gasteiger partial charge on any atom is 0.230 e. The Labute approximate surface area is 172 Å². The van der Waals surface area contributed by atoms with Crippen molar-refractivity contribution >= 4 is 5.91 Å². The van der Waals surface area contributed by atoms with Gasteiger partial charge in [-0.05, 0) is 41.7 Å². The first-order valence-electron chi connectivity index (χ1n) is 10.6. The molecule has 5 heteroatoms. The fourth-order valence-corrected chi connectivity index (χ4v) is 4.62. The third-order valence-electron chi connectivity index (χ3n) is 6.22.